The number of aromatic nitrogens is 1. The van der Waals surface area contributed by atoms with Crippen molar-refractivity contribution >= 4 is 17.6 Å². The zero-order valence-electron chi connectivity index (χ0n) is 18.0. The molecule has 1 heterocycles. The number of hydrogen-bond acceptors (Lipinski definition) is 5. The van der Waals surface area contributed by atoms with Crippen LogP contribution in [-0.2, 0) is 11.3 Å². The highest BCUT2D eigenvalue weighted by molar-refractivity contribution is 6.31. The number of pyridine rings is 1. The summed E-state index contributed by atoms with van der Waals surface area (Å²) in [4.78, 5) is 15.2. The Morgan fingerprint density at radius 2 is 1.82 bits per heavy atom. The number of aliphatic carboxylic acids is 1. The number of benzene rings is 2. The molecule has 0 saturated carbocycles. The van der Waals surface area contributed by atoms with E-state index in [0.717, 1.165) is 11.1 Å². The van der Waals surface area contributed by atoms with Crippen LogP contribution in [0.4, 0.5) is 8.78 Å². The van der Waals surface area contributed by atoms with Gasteiger partial charge in [0.2, 0.25) is 0 Å². The smallest absolute Gasteiger partial charge is 0.344 e. The van der Waals surface area contributed by atoms with Crippen molar-refractivity contribution < 1.29 is 28.2 Å². The molecule has 0 saturated heterocycles. The van der Waals surface area contributed by atoms with Crippen LogP contribution in [-0.4, -0.2) is 22.2 Å². The predicted molar refractivity (Wildman–Crippen MR) is 121 cm³/mol. The van der Waals surface area contributed by atoms with E-state index in [1.165, 1.54) is 6.07 Å². The van der Waals surface area contributed by atoms with E-state index < -0.39 is 35.5 Å². The van der Waals surface area contributed by atoms with Gasteiger partial charge in [-0.2, -0.15) is 4.98 Å². The zero-order valence-corrected chi connectivity index (χ0v) is 18.8. The summed E-state index contributed by atoms with van der Waals surface area (Å²) >= 11 is 6.22. The number of rotatable bonds is 9. The number of carboxylic acids is 1. The average Bonchev–Trinajstić information content (AvgIpc) is 2.75. The minimum absolute atomic E-state index is 0.0343. The number of carboxylic acid groups (broad SMARTS) is 1. The second-order valence-electron chi connectivity index (χ2n) is 7.82. The van der Waals surface area contributed by atoms with Crippen LogP contribution in [0.3, 0.4) is 0 Å². The zero-order chi connectivity index (χ0) is 24.1. The molecule has 0 fully saturated rings. The van der Waals surface area contributed by atoms with Crippen molar-refractivity contribution in [1.82, 2.24) is 4.98 Å². The van der Waals surface area contributed by atoms with Gasteiger partial charge >= 0.3 is 5.97 Å². The highest BCUT2D eigenvalue weighted by atomic mass is 35.5. The number of nitrogens with two attached hydrogens (primary N) is 1. The molecule has 0 aliphatic heterocycles. The van der Waals surface area contributed by atoms with E-state index in [4.69, 9.17) is 26.8 Å². The fourth-order valence-corrected chi connectivity index (χ4v) is 3.35. The van der Waals surface area contributed by atoms with E-state index in [0.29, 0.717) is 23.2 Å². The molecule has 0 aliphatic rings. The maximum atomic E-state index is 14.4. The molecule has 3 rings (SSSR count). The fourth-order valence-electron chi connectivity index (χ4n) is 3.13. The minimum Gasteiger partial charge on any atom is -0.479 e. The number of hydrogen-bond donors (Lipinski definition) is 2. The van der Waals surface area contributed by atoms with Crippen LogP contribution >= 0.6 is 11.6 Å². The van der Waals surface area contributed by atoms with Gasteiger partial charge in [0.1, 0.15) is 5.75 Å². The summed E-state index contributed by atoms with van der Waals surface area (Å²) < 4.78 is 39.4. The van der Waals surface area contributed by atoms with Crippen LogP contribution in [0, 0.1) is 17.6 Å². The second kappa shape index (κ2) is 10.6. The summed E-state index contributed by atoms with van der Waals surface area (Å²) in [6, 6.07) is 12.8. The lowest BCUT2D eigenvalue weighted by molar-refractivity contribution is -0.146. The quantitative estimate of drug-likeness (QED) is 0.404. The first-order chi connectivity index (χ1) is 15.7. The molecular formula is C24H23ClF2N2O4. The monoisotopic (exact) mass is 476 g/mol. The average molecular weight is 477 g/mol. The van der Waals surface area contributed by atoms with Gasteiger partial charge in [-0.1, -0.05) is 43.6 Å². The molecule has 2 aromatic carbocycles. The van der Waals surface area contributed by atoms with Crippen LogP contribution in [0.15, 0.2) is 48.5 Å². The lowest BCUT2D eigenvalue weighted by atomic mass is 10.0. The molecule has 3 aromatic rings. The lowest BCUT2D eigenvalue weighted by Crippen LogP contribution is -2.29. The Labute approximate surface area is 194 Å². The first-order valence-electron chi connectivity index (χ1n) is 10.2. The molecule has 9 heteroatoms. The summed E-state index contributed by atoms with van der Waals surface area (Å²) in [6.07, 6.45) is -1.23. The SMILES string of the molecule is CC(C)C[C@@H](Oc1nc(Oc2cc(Cl)cc(-c3cccc(CN)c3)c2)c(F)cc1F)C(=O)O. The summed E-state index contributed by atoms with van der Waals surface area (Å²) in [6.45, 7) is 3.95. The van der Waals surface area contributed by atoms with Crippen molar-refractivity contribution in [2.24, 2.45) is 11.7 Å². The fraction of sp³-hybridized carbons (Fsp3) is 0.250. The van der Waals surface area contributed by atoms with Crippen molar-refractivity contribution in [2.75, 3.05) is 0 Å². The van der Waals surface area contributed by atoms with E-state index in [9.17, 15) is 18.7 Å². The molecule has 174 valence electrons. The second-order valence-corrected chi connectivity index (χ2v) is 8.26. The largest absolute Gasteiger partial charge is 0.479 e. The third kappa shape index (κ3) is 6.40. The maximum Gasteiger partial charge on any atom is 0.344 e. The molecule has 3 N–H and O–H groups in total. The van der Waals surface area contributed by atoms with Crippen LogP contribution in [0.25, 0.3) is 11.1 Å². The molecule has 6 nitrogen and oxygen atoms in total. The Bertz CT molecular complexity index is 1160. The highest BCUT2D eigenvalue weighted by Crippen LogP contribution is 2.33. The molecule has 0 unspecified atom stereocenters. The van der Waals surface area contributed by atoms with Crippen molar-refractivity contribution in [3.8, 4) is 28.6 Å². The Morgan fingerprint density at radius 1 is 1.09 bits per heavy atom. The van der Waals surface area contributed by atoms with Crippen LogP contribution in [0.2, 0.25) is 5.02 Å². The van der Waals surface area contributed by atoms with Gasteiger partial charge in [0.05, 0.1) is 0 Å². The van der Waals surface area contributed by atoms with E-state index in [2.05, 4.69) is 4.98 Å². The minimum atomic E-state index is -1.35. The Hall–Kier alpha value is -3.23. The number of ether oxygens (including phenoxy) is 2. The Kier molecular flexibility index (Phi) is 7.84. The van der Waals surface area contributed by atoms with E-state index in [-0.39, 0.29) is 18.1 Å². The molecule has 0 spiro atoms. The van der Waals surface area contributed by atoms with Gasteiger partial charge in [-0.15, -0.1) is 0 Å². The van der Waals surface area contributed by atoms with Crippen molar-refractivity contribution in [3.05, 3.63) is 70.8 Å². The summed E-state index contributed by atoms with van der Waals surface area (Å²) in [5.74, 6) is -4.63. The van der Waals surface area contributed by atoms with Crippen LogP contribution in [0.5, 0.6) is 17.5 Å². The topological polar surface area (TPSA) is 94.7 Å². The van der Waals surface area contributed by atoms with E-state index in [1.807, 2.05) is 24.3 Å². The third-order valence-electron chi connectivity index (χ3n) is 4.66. The number of halogens is 3. The van der Waals surface area contributed by atoms with Gasteiger partial charge in [0, 0.05) is 17.6 Å². The van der Waals surface area contributed by atoms with Gasteiger partial charge < -0.3 is 20.3 Å². The van der Waals surface area contributed by atoms with Crippen LogP contribution < -0.4 is 15.2 Å². The predicted octanol–water partition coefficient (Wildman–Crippen LogP) is 5.81. The third-order valence-corrected chi connectivity index (χ3v) is 4.88. The van der Waals surface area contributed by atoms with Gasteiger partial charge in [-0.25, -0.2) is 13.6 Å². The normalized spacial score (nSPS) is 12.0. The Morgan fingerprint density at radius 3 is 2.48 bits per heavy atom. The molecule has 33 heavy (non-hydrogen) atoms. The summed E-state index contributed by atoms with van der Waals surface area (Å²) in [7, 11) is 0. The van der Waals surface area contributed by atoms with Crippen LogP contribution in [0.1, 0.15) is 25.8 Å². The van der Waals surface area contributed by atoms with Crippen molar-refractivity contribution in [3.63, 3.8) is 0 Å². The lowest BCUT2D eigenvalue weighted by Gasteiger charge is -2.17. The first-order valence-corrected chi connectivity index (χ1v) is 10.6. The maximum absolute atomic E-state index is 14.4. The summed E-state index contributed by atoms with van der Waals surface area (Å²) in [5, 5.41) is 9.66. The number of carbonyl (C=O) groups is 1. The molecule has 1 atom stereocenters. The van der Waals surface area contributed by atoms with E-state index in [1.54, 1.807) is 26.0 Å². The molecule has 0 radical (unpaired) electrons. The highest BCUT2D eigenvalue weighted by Gasteiger charge is 2.25. The Balaban J connectivity index is 1.92. The molecule has 0 amide bonds. The molecule has 0 aliphatic carbocycles. The van der Waals surface area contributed by atoms with Crippen molar-refractivity contribution in [2.45, 2.75) is 32.9 Å². The van der Waals surface area contributed by atoms with Crippen molar-refractivity contribution in [1.29, 1.82) is 0 Å². The molecular weight excluding hydrogens is 454 g/mol. The first kappa shape index (κ1) is 24.4. The molecule has 0 bridgehead atoms. The van der Waals surface area contributed by atoms with Gasteiger partial charge in [0.15, 0.2) is 17.7 Å². The van der Waals surface area contributed by atoms with Gasteiger partial charge in [-0.05, 0) is 53.3 Å². The standard InChI is InChI=1S/C24H23ClF2N2O4/c1-13(2)6-21(24(30)31)33-23-20(27)11-19(26)22(29-23)32-18-9-16(8-17(25)10-18)15-5-3-4-14(7-15)12-28/h3-5,7-11,13,21H,6,12,28H2,1-2H3,(H,30,31)/t21-/m1/s1. The summed E-state index contributed by atoms with van der Waals surface area (Å²) in [5.41, 5.74) is 8.12. The number of nitrogens with zero attached hydrogens (tertiary/aromatic N) is 1. The van der Waals surface area contributed by atoms with E-state index >= 15 is 0 Å². The molecule has 1 aromatic heterocycles. The van der Waals surface area contributed by atoms with Gasteiger partial charge in [-0.3, -0.25) is 0 Å². The van der Waals surface area contributed by atoms with Gasteiger partial charge in [0.25, 0.3) is 11.8 Å².